The molecule has 0 spiro atoms. The van der Waals surface area contributed by atoms with E-state index in [-0.39, 0.29) is 11.3 Å². The highest BCUT2D eigenvalue weighted by molar-refractivity contribution is 6.46. The van der Waals surface area contributed by atoms with Gasteiger partial charge in [0.05, 0.1) is 11.6 Å². The van der Waals surface area contributed by atoms with E-state index in [1.165, 1.54) is 4.90 Å². The normalized spacial score (nSPS) is 17.4. The van der Waals surface area contributed by atoms with Crippen molar-refractivity contribution >= 4 is 17.4 Å². The maximum absolute atomic E-state index is 13.0. The minimum atomic E-state index is -0.706. The summed E-state index contributed by atoms with van der Waals surface area (Å²) in [5.41, 5.74) is 2.22. The minimum Gasteiger partial charge on any atom is -0.507 e. The second-order valence-electron chi connectivity index (χ2n) is 8.38. The third kappa shape index (κ3) is 5.00. The van der Waals surface area contributed by atoms with Crippen molar-refractivity contribution in [1.29, 1.82) is 0 Å². The first kappa shape index (κ1) is 23.2. The van der Waals surface area contributed by atoms with Crippen LogP contribution >= 0.6 is 0 Å². The Bertz CT molecular complexity index is 1180. The van der Waals surface area contributed by atoms with E-state index in [2.05, 4.69) is 4.98 Å². The molecule has 34 heavy (non-hydrogen) atoms. The number of carbonyl (C=O) groups is 2. The highest BCUT2D eigenvalue weighted by Crippen LogP contribution is 2.39. The van der Waals surface area contributed by atoms with Gasteiger partial charge in [-0.1, -0.05) is 36.4 Å². The average molecular weight is 458 g/mol. The van der Waals surface area contributed by atoms with Crippen LogP contribution in [-0.4, -0.2) is 58.8 Å². The number of pyridine rings is 1. The van der Waals surface area contributed by atoms with Crippen molar-refractivity contribution in [1.82, 2.24) is 14.8 Å². The molecule has 1 aliphatic rings. The van der Waals surface area contributed by atoms with E-state index in [1.807, 2.05) is 49.3 Å². The number of carbonyl (C=O) groups excluding carboxylic acids is 2. The topological polar surface area (TPSA) is 83.0 Å². The molecule has 0 bridgehead atoms. The molecule has 0 saturated carbocycles. The molecule has 1 atom stereocenters. The number of benzene rings is 2. The Kier molecular flexibility index (Phi) is 7.04. The molecule has 174 valence electrons. The third-order valence-electron chi connectivity index (χ3n) is 5.70. The van der Waals surface area contributed by atoms with Crippen LogP contribution < -0.4 is 4.74 Å². The van der Waals surface area contributed by atoms with Crippen LogP contribution in [0.4, 0.5) is 0 Å². The number of aliphatic hydroxyl groups is 1. The second-order valence-corrected chi connectivity index (χ2v) is 8.38. The fourth-order valence-electron chi connectivity index (χ4n) is 3.91. The second kappa shape index (κ2) is 10.3. The van der Waals surface area contributed by atoms with E-state index >= 15 is 0 Å². The number of ether oxygens (including phenoxy) is 1. The number of nitrogens with zero attached hydrogens (tertiary/aromatic N) is 3. The Morgan fingerprint density at radius 1 is 1.03 bits per heavy atom. The maximum Gasteiger partial charge on any atom is 0.295 e. The lowest BCUT2D eigenvalue weighted by Gasteiger charge is -2.26. The molecule has 1 saturated heterocycles. The summed E-state index contributed by atoms with van der Waals surface area (Å²) in [6.07, 6.45) is 3.25. The summed E-state index contributed by atoms with van der Waals surface area (Å²) in [5.74, 6) is -0.903. The van der Waals surface area contributed by atoms with Crippen LogP contribution in [0, 0.1) is 0 Å². The van der Waals surface area contributed by atoms with Crippen LogP contribution in [-0.2, 0) is 16.2 Å². The molecule has 1 fully saturated rings. The maximum atomic E-state index is 13.0. The van der Waals surface area contributed by atoms with E-state index in [0.717, 1.165) is 5.56 Å². The zero-order valence-corrected chi connectivity index (χ0v) is 19.2. The molecule has 0 aliphatic carbocycles. The molecule has 1 N–H and O–H groups in total. The predicted octanol–water partition coefficient (Wildman–Crippen LogP) is 3.64. The Hall–Kier alpha value is -3.97. The van der Waals surface area contributed by atoms with Crippen molar-refractivity contribution in [2.45, 2.75) is 12.6 Å². The predicted molar refractivity (Wildman–Crippen MR) is 129 cm³/mol. The monoisotopic (exact) mass is 457 g/mol. The highest BCUT2D eigenvalue weighted by Gasteiger charge is 2.45. The van der Waals surface area contributed by atoms with Crippen molar-refractivity contribution in [2.75, 3.05) is 27.2 Å². The highest BCUT2D eigenvalue weighted by atomic mass is 16.5. The van der Waals surface area contributed by atoms with E-state index in [1.54, 1.807) is 48.8 Å². The molecule has 1 amide bonds. The van der Waals surface area contributed by atoms with Crippen molar-refractivity contribution in [3.8, 4) is 5.75 Å². The van der Waals surface area contributed by atoms with Crippen molar-refractivity contribution in [3.63, 3.8) is 0 Å². The fourth-order valence-corrected chi connectivity index (χ4v) is 3.91. The summed E-state index contributed by atoms with van der Waals surface area (Å²) in [5, 5.41) is 11.1. The molecular weight excluding hydrogens is 430 g/mol. The van der Waals surface area contributed by atoms with Crippen LogP contribution in [0.25, 0.3) is 5.76 Å². The molecule has 3 aromatic rings. The Balaban J connectivity index is 1.63. The van der Waals surface area contributed by atoms with E-state index in [9.17, 15) is 14.7 Å². The number of rotatable bonds is 8. The van der Waals surface area contributed by atoms with Gasteiger partial charge in [-0.05, 0) is 55.6 Å². The summed E-state index contributed by atoms with van der Waals surface area (Å²) in [7, 11) is 3.80. The number of hydrogen-bond donors (Lipinski definition) is 1. The fraction of sp³-hybridized carbons (Fsp3) is 0.222. The number of likely N-dealkylation sites (N-methyl/N-ethyl adjacent to an activating group) is 1. The molecule has 2 heterocycles. The Morgan fingerprint density at radius 2 is 1.76 bits per heavy atom. The Morgan fingerprint density at radius 3 is 2.41 bits per heavy atom. The van der Waals surface area contributed by atoms with Gasteiger partial charge in [0.15, 0.2) is 0 Å². The molecule has 1 aromatic heterocycles. The molecule has 7 nitrogen and oxygen atoms in total. The lowest BCUT2D eigenvalue weighted by atomic mass is 9.96. The first-order chi connectivity index (χ1) is 16.5. The number of likely N-dealkylation sites (tertiary alicyclic amines) is 1. The first-order valence-corrected chi connectivity index (χ1v) is 11.1. The van der Waals surface area contributed by atoms with Gasteiger partial charge in [0.2, 0.25) is 0 Å². The largest absolute Gasteiger partial charge is 0.507 e. The standard InChI is InChI=1S/C27H27N3O4/c1-29(2)15-16-30-24(21-9-6-14-28-17-21)23(26(32)27(30)33)25(31)20-10-12-22(13-11-20)34-18-19-7-4-3-5-8-19/h3-14,17,24,31H,15-16,18H2,1-2H3/t24-/m1/s1. The van der Waals surface area contributed by atoms with Gasteiger partial charge in [-0.15, -0.1) is 0 Å². The van der Waals surface area contributed by atoms with Gasteiger partial charge in [0.25, 0.3) is 11.7 Å². The SMILES string of the molecule is CN(C)CCN1C(=O)C(=O)C(=C(O)c2ccc(OCc3ccccc3)cc2)[C@H]1c1cccnc1. The Labute approximate surface area is 198 Å². The minimum absolute atomic E-state index is 0.0645. The molecule has 0 radical (unpaired) electrons. The molecule has 1 aliphatic heterocycles. The van der Waals surface area contributed by atoms with Crippen LogP contribution in [0.3, 0.4) is 0 Å². The summed E-state index contributed by atoms with van der Waals surface area (Å²) in [4.78, 5) is 33.5. The van der Waals surface area contributed by atoms with Crippen LogP contribution in [0.2, 0.25) is 0 Å². The summed E-state index contributed by atoms with van der Waals surface area (Å²) < 4.78 is 5.81. The van der Waals surface area contributed by atoms with Crippen LogP contribution in [0.15, 0.2) is 84.7 Å². The van der Waals surface area contributed by atoms with Gasteiger partial charge in [-0.3, -0.25) is 14.6 Å². The van der Waals surface area contributed by atoms with Crippen LogP contribution in [0.5, 0.6) is 5.75 Å². The number of hydrogen-bond acceptors (Lipinski definition) is 6. The van der Waals surface area contributed by atoms with Crippen molar-refractivity contribution < 1.29 is 19.4 Å². The lowest BCUT2D eigenvalue weighted by molar-refractivity contribution is -0.140. The lowest BCUT2D eigenvalue weighted by Crippen LogP contribution is -2.35. The first-order valence-electron chi connectivity index (χ1n) is 11.1. The quantitative estimate of drug-likeness (QED) is 0.316. The summed E-state index contributed by atoms with van der Waals surface area (Å²) in [6, 6.07) is 19.5. The van der Waals surface area contributed by atoms with Gasteiger partial charge in [0, 0.05) is 31.0 Å². The van der Waals surface area contributed by atoms with E-state index in [4.69, 9.17) is 4.74 Å². The van der Waals surface area contributed by atoms with Gasteiger partial charge < -0.3 is 19.6 Å². The van der Waals surface area contributed by atoms with E-state index < -0.39 is 17.7 Å². The number of Topliss-reactive ketones (excluding diaryl/α,β-unsaturated/α-hetero) is 1. The molecule has 7 heteroatoms. The molecular formula is C27H27N3O4. The van der Waals surface area contributed by atoms with Gasteiger partial charge in [-0.2, -0.15) is 0 Å². The van der Waals surface area contributed by atoms with E-state index in [0.29, 0.717) is 36.6 Å². The number of ketones is 1. The van der Waals surface area contributed by atoms with Crippen LogP contribution in [0.1, 0.15) is 22.7 Å². The molecule has 2 aromatic carbocycles. The third-order valence-corrected chi connectivity index (χ3v) is 5.70. The average Bonchev–Trinajstić information content (AvgIpc) is 3.12. The smallest absolute Gasteiger partial charge is 0.295 e. The zero-order chi connectivity index (χ0) is 24.1. The zero-order valence-electron chi connectivity index (χ0n) is 19.2. The van der Waals surface area contributed by atoms with Gasteiger partial charge in [-0.25, -0.2) is 0 Å². The molecule has 4 rings (SSSR count). The van der Waals surface area contributed by atoms with Gasteiger partial charge >= 0.3 is 0 Å². The van der Waals surface area contributed by atoms with Gasteiger partial charge in [0.1, 0.15) is 18.1 Å². The molecule has 0 unspecified atom stereocenters. The number of aromatic nitrogens is 1. The summed E-state index contributed by atoms with van der Waals surface area (Å²) >= 11 is 0. The number of amides is 1. The summed E-state index contributed by atoms with van der Waals surface area (Å²) in [6.45, 7) is 1.35. The van der Waals surface area contributed by atoms with Crippen molar-refractivity contribution in [3.05, 3.63) is 101 Å². The number of aliphatic hydroxyl groups excluding tert-OH is 1. The van der Waals surface area contributed by atoms with Crippen molar-refractivity contribution in [2.24, 2.45) is 0 Å².